The SMILES string of the molecule is CCN1C[C@@H]2C[C@H]1CN2c1nc(C)cc(Nc2cc3nc(-c4cccc(C(=O)N5CCC(F)CC5)c4)sc3cn2)n1. The molecule has 1 amide bonds. The first-order valence-electron chi connectivity index (χ1n) is 14.4. The Morgan fingerprint density at radius 1 is 1.07 bits per heavy atom. The Morgan fingerprint density at radius 2 is 1.93 bits per heavy atom. The number of carbonyl (C=O) groups is 1. The van der Waals surface area contributed by atoms with E-state index >= 15 is 0 Å². The van der Waals surface area contributed by atoms with Crippen LogP contribution in [-0.4, -0.2) is 86.6 Å². The molecule has 0 unspecified atom stereocenters. The molecule has 2 bridgehead atoms. The molecule has 7 rings (SSSR count). The van der Waals surface area contributed by atoms with Gasteiger partial charge in [-0.3, -0.25) is 9.69 Å². The van der Waals surface area contributed by atoms with Crippen molar-refractivity contribution in [3.63, 3.8) is 0 Å². The number of fused-ring (bicyclic) bond motifs is 3. The molecule has 1 aromatic carbocycles. The predicted octanol–water partition coefficient (Wildman–Crippen LogP) is 5.06. The van der Waals surface area contributed by atoms with Crippen LogP contribution in [-0.2, 0) is 0 Å². The lowest BCUT2D eigenvalue weighted by atomic mass is 10.1. The molecule has 0 aliphatic carbocycles. The Balaban J connectivity index is 1.09. The van der Waals surface area contributed by atoms with Crippen molar-refractivity contribution in [3.05, 3.63) is 53.9 Å². The summed E-state index contributed by atoms with van der Waals surface area (Å²) in [5, 5.41) is 4.19. The third-order valence-corrected chi connectivity index (χ3v) is 9.51. The van der Waals surface area contributed by atoms with E-state index in [9.17, 15) is 9.18 Å². The Kier molecular flexibility index (Phi) is 6.78. The maximum Gasteiger partial charge on any atom is 0.253 e. The standard InChI is InChI=1S/C30H33FN8OS/c1-3-37-16-23-13-22(37)17-39(23)30-33-18(2)11-27(36-30)35-26-14-24-25(15-32-26)41-28(34-24)19-5-4-6-20(12-19)29(40)38-9-7-21(31)8-10-38/h4-6,11-12,14-15,21-23H,3,7-10,13,16-17H2,1-2H3,(H,32,33,35,36)/t22-,23-/m0/s1. The summed E-state index contributed by atoms with van der Waals surface area (Å²) in [4.78, 5) is 38.8. The first kappa shape index (κ1) is 26.2. The summed E-state index contributed by atoms with van der Waals surface area (Å²) in [6.07, 6.45) is 2.99. The molecule has 3 fully saturated rings. The highest BCUT2D eigenvalue weighted by Gasteiger charge is 2.43. The van der Waals surface area contributed by atoms with E-state index in [2.05, 4.69) is 27.0 Å². The van der Waals surface area contributed by atoms with Crippen LogP contribution in [0.15, 0.2) is 42.6 Å². The zero-order valence-corrected chi connectivity index (χ0v) is 24.1. The van der Waals surface area contributed by atoms with E-state index in [4.69, 9.17) is 15.0 Å². The molecule has 212 valence electrons. The lowest BCUT2D eigenvalue weighted by molar-refractivity contribution is 0.0667. The molecule has 11 heteroatoms. The molecule has 3 aliphatic heterocycles. The number of nitrogens with zero attached hydrogens (tertiary/aromatic N) is 7. The Hall–Kier alpha value is -3.70. The molecule has 41 heavy (non-hydrogen) atoms. The molecule has 0 radical (unpaired) electrons. The number of alkyl halides is 1. The number of hydrogen-bond donors (Lipinski definition) is 1. The minimum atomic E-state index is -0.811. The van der Waals surface area contributed by atoms with Crippen molar-refractivity contribution >= 4 is 45.0 Å². The van der Waals surface area contributed by atoms with E-state index in [1.165, 1.54) is 6.42 Å². The maximum atomic E-state index is 13.5. The van der Waals surface area contributed by atoms with Crippen molar-refractivity contribution < 1.29 is 9.18 Å². The van der Waals surface area contributed by atoms with Gasteiger partial charge in [-0.25, -0.2) is 19.3 Å². The lowest BCUT2D eigenvalue weighted by Crippen LogP contribution is -2.46. The molecule has 1 N–H and O–H groups in total. The third kappa shape index (κ3) is 5.12. The molecular formula is C30H33FN8OS. The molecule has 0 saturated carbocycles. The number of amides is 1. The van der Waals surface area contributed by atoms with Crippen molar-refractivity contribution in [1.29, 1.82) is 0 Å². The largest absolute Gasteiger partial charge is 0.338 e. The van der Waals surface area contributed by atoms with Gasteiger partial charge in [0.1, 0.15) is 22.8 Å². The fourth-order valence-corrected chi connectivity index (χ4v) is 7.22. The van der Waals surface area contributed by atoms with Crippen LogP contribution in [0.3, 0.4) is 0 Å². The van der Waals surface area contributed by atoms with E-state index in [0.717, 1.165) is 52.1 Å². The molecule has 0 spiro atoms. The summed E-state index contributed by atoms with van der Waals surface area (Å²) in [6, 6.07) is 12.5. The maximum absolute atomic E-state index is 13.5. The summed E-state index contributed by atoms with van der Waals surface area (Å²) in [6.45, 7) is 8.26. The van der Waals surface area contributed by atoms with Gasteiger partial charge in [0.15, 0.2) is 0 Å². The van der Waals surface area contributed by atoms with Crippen LogP contribution in [0.1, 0.15) is 42.2 Å². The predicted molar refractivity (Wildman–Crippen MR) is 160 cm³/mol. The van der Waals surface area contributed by atoms with Crippen LogP contribution in [0.25, 0.3) is 20.8 Å². The number of pyridine rings is 1. The number of halogens is 1. The summed E-state index contributed by atoms with van der Waals surface area (Å²) < 4.78 is 14.5. The number of aromatic nitrogens is 4. The van der Waals surface area contributed by atoms with Crippen molar-refractivity contribution in [2.45, 2.75) is 51.4 Å². The highest BCUT2D eigenvalue weighted by atomic mass is 32.1. The Bertz CT molecular complexity index is 1600. The van der Waals surface area contributed by atoms with E-state index in [1.54, 1.807) is 16.2 Å². The minimum Gasteiger partial charge on any atom is -0.338 e. The van der Waals surface area contributed by atoms with E-state index in [0.29, 0.717) is 55.2 Å². The van der Waals surface area contributed by atoms with E-state index < -0.39 is 6.17 Å². The Morgan fingerprint density at radius 3 is 2.71 bits per heavy atom. The van der Waals surface area contributed by atoms with Gasteiger partial charge in [-0.15, -0.1) is 11.3 Å². The monoisotopic (exact) mass is 572 g/mol. The van der Waals surface area contributed by atoms with Crippen LogP contribution in [0.4, 0.5) is 22.0 Å². The van der Waals surface area contributed by atoms with Crippen LogP contribution in [0.2, 0.25) is 0 Å². The second-order valence-corrected chi connectivity index (χ2v) is 12.2. The van der Waals surface area contributed by atoms with Crippen LogP contribution >= 0.6 is 11.3 Å². The van der Waals surface area contributed by atoms with Gasteiger partial charge in [0.25, 0.3) is 5.91 Å². The lowest BCUT2D eigenvalue weighted by Gasteiger charge is -2.33. The third-order valence-electron chi connectivity index (χ3n) is 8.46. The van der Waals surface area contributed by atoms with Crippen LogP contribution in [0, 0.1) is 6.92 Å². The quantitative estimate of drug-likeness (QED) is 0.343. The molecule has 3 aliphatic rings. The minimum absolute atomic E-state index is 0.0584. The second kappa shape index (κ2) is 10.6. The smallest absolute Gasteiger partial charge is 0.253 e. The fraction of sp³-hybridized carbons (Fsp3) is 0.433. The summed E-state index contributed by atoms with van der Waals surface area (Å²) in [7, 11) is 0. The van der Waals surface area contributed by atoms with Crippen molar-refractivity contribution in [1.82, 2.24) is 29.7 Å². The Labute approximate surface area is 242 Å². The highest BCUT2D eigenvalue weighted by Crippen LogP contribution is 2.34. The number of likely N-dealkylation sites (tertiary alicyclic amines) is 2. The van der Waals surface area contributed by atoms with E-state index in [1.807, 2.05) is 49.5 Å². The number of hydrogen-bond acceptors (Lipinski definition) is 9. The number of thiazole rings is 1. The molecular weight excluding hydrogens is 539 g/mol. The van der Waals surface area contributed by atoms with Crippen LogP contribution in [0.5, 0.6) is 0 Å². The van der Waals surface area contributed by atoms with Gasteiger partial charge in [-0.2, -0.15) is 4.98 Å². The second-order valence-electron chi connectivity index (χ2n) is 11.2. The van der Waals surface area contributed by atoms with E-state index in [-0.39, 0.29) is 5.91 Å². The van der Waals surface area contributed by atoms with Gasteiger partial charge in [0.2, 0.25) is 5.95 Å². The number of anilines is 3. The van der Waals surface area contributed by atoms with Crippen molar-refractivity contribution in [2.24, 2.45) is 0 Å². The van der Waals surface area contributed by atoms with Gasteiger partial charge >= 0.3 is 0 Å². The zero-order valence-electron chi connectivity index (χ0n) is 23.3. The molecule has 9 nitrogen and oxygen atoms in total. The topological polar surface area (TPSA) is 90.4 Å². The fourth-order valence-electron chi connectivity index (χ4n) is 6.30. The molecule has 6 heterocycles. The average Bonchev–Trinajstić information content (AvgIpc) is 3.71. The normalized spacial score (nSPS) is 21.2. The number of piperidine rings is 1. The number of rotatable bonds is 6. The zero-order chi connectivity index (χ0) is 28.1. The van der Waals surface area contributed by atoms with Crippen molar-refractivity contribution in [3.8, 4) is 10.6 Å². The number of nitrogens with one attached hydrogen (secondary N) is 1. The number of benzene rings is 1. The van der Waals surface area contributed by atoms with Gasteiger partial charge in [0, 0.05) is 73.4 Å². The van der Waals surface area contributed by atoms with Gasteiger partial charge in [-0.1, -0.05) is 19.1 Å². The number of aryl methyl sites for hydroxylation is 1. The molecule has 4 aromatic rings. The molecule has 3 aromatic heterocycles. The van der Waals surface area contributed by atoms with Gasteiger partial charge < -0.3 is 15.1 Å². The molecule has 2 atom stereocenters. The highest BCUT2D eigenvalue weighted by molar-refractivity contribution is 7.21. The first-order valence-corrected chi connectivity index (χ1v) is 15.2. The number of carbonyl (C=O) groups excluding carboxylic acids is 1. The van der Waals surface area contributed by atoms with Gasteiger partial charge in [0.05, 0.1) is 10.2 Å². The summed E-state index contributed by atoms with van der Waals surface area (Å²) >= 11 is 1.54. The average molecular weight is 573 g/mol. The van der Waals surface area contributed by atoms with Crippen LogP contribution < -0.4 is 10.2 Å². The van der Waals surface area contributed by atoms with Gasteiger partial charge in [-0.05, 0) is 44.9 Å². The molecule has 3 saturated heterocycles. The number of likely N-dealkylation sites (N-methyl/N-ethyl adjacent to an activating group) is 1. The number of piperazine rings is 1. The summed E-state index contributed by atoms with van der Waals surface area (Å²) in [5.41, 5.74) is 3.22. The summed E-state index contributed by atoms with van der Waals surface area (Å²) in [5.74, 6) is 2.10. The first-order chi connectivity index (χ1) is 19.9. The van der Waals surface area contributed by atoms with Crippen molar-refractivity contribution in [2.75, 3.05) is 42.9 Å².